The molecular formula is C13H9BrClFO. The van der Waals surface area contributed by atoms with Crippen LogP contribution in [-0.2, 0) is 6.61 Å². The number of benzene rings is 2. The highest BCUT2D eigenvalue weighted by molar-refractivity contribution is 9.10. The van der Waals surface area contributed by atoms with Crippen LogP contribution in [0.15, 0.2) is 46.9 Å². The first-order chi connectivity index (χ1) is 8.15. The van der Waals surface area contributed by atoms with Crippen molar-refractivity contribution in [2.24, 2.45) is 0 Å². The summed E-state index contributed by atoms with van der Waals surface area (Å²) in [6.45, 7) is 0.426. The Morgan fingerprint density at radius 1 is 1.12 bits per heavy atom. The number of ether oxygens (including phenoxy) is 1. The summed E-state index contributed by atoms with van der Waals surface area (Å²) in [7, 11) is 0. The highest BCUT2D eigenvalue weighted by Gasteiger charge is 2.02. The van der Waals surface area contributed by atoms with Crippen LogP contribution in [0.4, 0.5) is 4.39 Å². The lowest BCUT2D eigenvalue weighted by Gasteiger charge is -2.07. The second-order valence-electron chi connectivity index (χ2n) is 3.49. The van der Waals surface area contributed by atoms with Gasteiger partial charge in [0.05, 0.1) is 5.02 Å². The zero-order valence-electron chi connectivity index (χ0n) is 8.79. The molecule has 0 aliphatic rings. The predicted molar refractivity (Wildman–Crippen MR) is 69.9 cm³/mol. The minimum atomic E-state index is -0.442. The highest BCUT2D eigenvalue weighted by Crippen LogP contribution is 2.22. The molecule has 2 rings (SSSR count). The van der Waals surface area contributed by atoms with Crippen molar-refractivity contribution < 1.29 is 9.13 Å². The first-order valence-electron chi connectivity index (χ1n) is 4.97. The van der Waals surface area contributed by atoms with Crippen molar-refractivity contribution in [3.05, 3.63) is 63.3 Å². The highest BCUT2D eigenvalue weighted by atomic mass is 79.9. The SMILES string of the molecule is Fc1ccc(OCc2ccc(Br)cc2)cc1Cl. The van der Waals surface area contributed by atoms with Gasteiger partial charge >= 0.3 is 0 Å². The molecule has 0 saturated heterocycles. The normalized spacial score (nSPS) is 10.3. The summed E-state index contributed by atoms with van der Waals surface area (Å²) in [5, 5.41) is 0.0679. The van der Waals surface area contributed by atoms with Gasteiger partial charge in [0.25, 0.3) is 0 Å². The second-order valence-corrected chi connectivity index (χ2v) is 4.81. The minimum absolute atomic E-state index is 0.0679. The molecule has 0 heterocycles. The summed E-state index contributed by atoms with van der Waals surface area (Å²) >= 11 is 9.01. The predicted octanol–water partition coefficient (Wildman–Crippen LogP) is 4.82. The fraction of sp³-hybridized carbons (Fsp3) is 0.0769. The topological polar surface area (TPSA) is 9.23 Å². The van der Waals surface area contributed by atoms with Gasteiger partial charge in [-0.3, -0.25) is 0 Å². The fourth-order valence-electron chi connectivity index (χ4n) is 1.31. The van der Waals surface area contributed by atoms with Gasteiger partial charge in [-0.05, 0) is 29.8 Å². The molecule has 2 aromatic carbocycles. The summed E-state index contributed by atoms with van der Waals surface area (Å²) < 4.78 is 19.4. The van der Waals surface area contributed by atoms with Gasteiger partial charge in [0, 0.05) is 10.5 Å². The molecule has 1 nitrogen and oxygen atoms in total. The molecule has 0 atom stereocenters. The van der Waals surface area contributed by atoms with Crippen molar-refractivity contribution in [2.75, 3.05) is 0 Å². The van der Waals surface area contributed by atoms with E-state index >= 15 is 0 Å². The Morgan fingerprint density at radius 3 is 2.47 bits per heavy atom. The van der Waals surface area contributed by atoms with Gasteiger partial charge in [-0.15, -0.1) is 0 Å². The lowest BCUT2D eigenvalue weighted by Crippen LogP contribution is -1.95. The molecule has 17 heavy (non-hydrogen) atoms. The van der Waals surface area contributed by atoms with Gasteiger partial charge < -0.3 is 4.74 Å². The Bertz CT molecular complexity index is 513. The molecule has 4 heteroatoms. The second kappa shape index (κ2) is 5.52. The first-order valence-corrected chi connectivity index (χ1v) is 6.14. The maximum atomic E-state index is 12.9. The van der Waals surface area contributed by atoms with E-state index in [0.29, 0.717) is 12.4 Å². The van der Waals surface area contributed by atoms with E-state index in [1.54, 1.807) is 6.07 Å². The van der Waals surface area contributed by atoms with Gasteiger partial charge in [0.2, 0.25) is 0 Å². The van der Waals surface area contributed by atoms with Crippen molar-refractivity contribution in [1.29, 1.82) is 0 Å². The van der Waals surface area contributed by atoms with Crippen molar-refractivity contribution >= 4 is 27.5 Å². The van der Waals surface area contributed by atoms with E-state index in [0.717, 1.165) is 10.0 Å². The largest absolute Gasteiger partial charge is 0.489 e. The quantitative estimate of drug-likeness (QED) is 0.789. The monoisotopic (exact) mass is 314 g/mol. The van der Waals surface area contributed by atoms with Crippen molar-refractivity contribution in [3.8, 4) is 5.75 Å². The maximum Gasteiger partial charge on any atom is 0.142 e. The van der Waals surface area contributed by atoms with Crippen LogP contribution in [0.25, 0.3) is 0 Å². The molecule has 0 amide bonds. The molecule has 0 aromatic heterocycles. The number of rotatable bonds is 3. The molecule has 0 radical (unpaired) electrons. The molecule has 0 fully saturated rings. The smallest absolute Gasteiger partial charge is 0.142 e. The molecule has 0 spiro atoms. The van der Waals surface area contributed by atoms with Crippen LogP contribution in [0, 0.1) is 5.82 Å². The molecule has 0 saturated carbocycles. The molecule has 0 bridgehead atoms. The van der Waals surface area contributed by atoms with Crippen LogP contribution in [0.2, 0.25) is 5.02 Å². The van der Waals surface area contributed by atoms with Crippen LogP contribution in [-0.4, -0.2) is 0 Å². The lowest BCUT2D eigenvalue weighted by atomic mass is 10.2. The van der Waals surface area contributed by atoms with Gasteiger partial charge in [-0.2, -0.15) is 0 Å². The molecule has 2 aromatic rings. The summed E-state index contributed by atoms with van der Waals surface area (Å²) in [6, 6.07) is 12.1. The molecule has 0 aliphatic carbocycles. The average molecular weight is 316 g/mol. The van der Waals surface area contributed by atoms with E-state index in [9.17, 15) is 4.39 Å². The third-order valence-electron chi connectivity index (χ3n) is 2.21. The number of halogens is 3. The summed E-state index contributed by atoms with van der Waals surface area (Å²) in [4.78, 5) is 0. The maximum absolute atomic E-state index is 12.9. The van der Waals surface area contributed by atoms with Crippen LogP contribution in [0.3, 0.4) is 0 Å². The Morgan fingerprint density at radius 2 is 1.82 bits per heavy atom. The van der Waals surface area contributed by atoms with Crippen LogP contribution in [0.1, 0.15) is 5.56 Å². The fourth-order valence-corrected chi connectivity index (χ4v) is 1.75. The van der Waals surface area contributed by atoms with E-state index in [2.05, 4.69) is 15.9 Å². The Kier molecular flexibility index (Phi) is 4.02. The Balaban J connectivity index is 2.02. The van der Waals surface area contributed by atoms with E-state index in [-0.39, 0.29) is 5.02 Å². The number of hydrogen-bond donors (Lipinski definition) is 0. The molecule has 88 valence electrons. The Hall–Kier alpha value is -1.06. The zero-order chi connectivity index (χ0) is 12.3. The van der Waals surface area contributed by atoms with Gasteiger partial charge in [0.1, 0.15) is 18.2 Å². The summed E-state index contributed by atoms with van der Waals surface area (Å²) in [6.07, 6.45) is 0. The van der Waals surface area contributed by atoms with Gasteiger partial charge in [0.15, 0.2) is 0 Å². The third-order valence-corrected chi connectivity index (χ3v) is 3.03. The van der Waals surface area contributed by atoms with E-state index in [1.165, 1.54) is 12.1 Å². The van der Waals surface area contributed by atoms with Crippen LogP contribution < -0.4 is 4.74 Å². The van der Waals surface area contributed by atoms with Crippen molar-refractivity contribution in [2.45, 2.75) is 6.61 Å². The van der Waals surface area contributed by atoms with Crippen molar-refractivity contribution in [1.82, 2.24) is 0 Å². The average Bonchev–Trinajstić information content (AvgIpc) is 2.33. The van der Waals surface area contributed by atoms with Gasteiger partial charge in [-0.1, -0.05) is 39.7 Å². The Labute approximate surface area is 112 Å². The molecule has 0 aliphatic heterocycles. The minimum Gasteiger partial charge on any atom is -0.489 e. The van der Waals surface area contributed by atoms with Crippen LogP contribution in [0.5, 0.6) is 5.75 Å². The zero-order valence-corrected chi connectivity index (χ0v) is 11.1. The van der Waals surface area contributed by atoms with Gasteiger partial charge in [-0.25, -0.2) is 4.39 Å². The van der Waals surface area contributed by atoms with Crippen LogP contribution >= 0.6 is 27.5 Å². The van der Waals surface area contributed by atoms with E-state index in [1.807, 2.05) is 24.3 Å². The molecule has 0 unspecified atom stereocenters. The summed E-state index contributed by atoms with van der Waals surface area (Å²) in [5.74, 6) is 0.113. The standard InChI is InChI=1S/C13H9BrClFO/c14-10-3-1-9(2-4-10)8-17-11-5-6-13(16)12(15)7-11/h1-7H,8H2. The lowest BCUT2D eigenvalue weighted by molar-refractivity contribution is 0.306. The first kappa shape index (κ1) is 12.4. The molecule has 0 N–H and O–H groups in total. The van der Waals surface area contributed by atoms with Crippen molar-refractivity contribution in [3.63, 3.8) is 0 Å². The summed E-state index contributed by atoms with van der Waals surface area (Å²) in [5.41, 5.74) is 1.04. The number of hydrogen-bond acceptors (Lipinski definition) is 1. The molecular weight excluding hydrogens is 306 g/mol. The van der Waals surface area contributed by atoms with E-state index in [4.69, 9.17) is 16.3 Å². The van der Waals surface area contributed by atoms with E-state index < -0.39 is 5.82 Å². The third kappa shape index (κ3) is 3.45.